The van der Waals surface area contributed by atoms with Crippen LogP contribution in [0.1, 0.15) is 47.3 Å². The summed E-state index contributed by atoms with van der Waals surface area (Å²) in [5.74, 6) is 0.744. The smallest absolute Gasteiger partial charge is 0.263 e. The summed E-state index contributed by atoms with van der Waals surface area (Å²) in [5.41, 5.74) is 0.499. The monoisotopic (exact) mass is 281 g/mol. The predicted molar refractivity (Wildman–Crippen MR) is 78.8 cm³/mol. The summed E-state index contributed by atoms with van der Waals surface area (Å²) in [5, 5.41) is 9.79. The van der Waals surface area contributed by atoms with Crippen molar-refractivity contribution in [2.75, 3.05) is 13.6 Å². The average Bonchev–Trinajstić information content (AvgIpc) is 2.68. The van der Waals surface area contributed by atoms with Crippen molar-refractivity contribution >= 4 is 17.2 Å². The minimum Gasteiger partial charge on any atom is -0.389 e. The molecule has 0 bridgehead atoms. The van der Waals surface area contributed by atoms with Crippen LogP contribution in [0.25, 0.3) is 0 Å². The number of amides is 1. The van der Waals surface area contributed by atoms with Crippen LogP contribution in [0.4, 0.5) is 0 Å². The van der Waals surface area contributed by atoms with E-state index in [1.54, 1.807) is 37.1 Å². The molecule has 4 heteroatoms. The third-order valence-corrected chi connectivity index (χ3v) is 4.74. The van der Waals surface area contributed by atoms with E-state index in [-0.39, 0.29) is 5.91 Å². The number of carbonyl (C=O) groups is 1. The highest BCUT2D eigenvalue weighted by Crippen LogP contribution is 2.32. The van der Waals surface area contributed by atoms with E-state index in [9.17, 15) is 9.90 Å². The van der Waals surface area contributed by atoms with Crippen LogP contribution in [0.2, 0.25) is 0 Å². The van der Waals surface area contributed by atoms with Crippen molar-refractivity contribution in [3.05, 3.63) is 21.4 Å². The second kappa shape index (κ2) is 5.25. The Kier molecular flexibility index (Phi) is 4.02. The molecular weight excluding hydrogens is 258 g/mol. The van der Waals surface area contributed by atoms with Crippen molar-refractivity contribution in [1.29, 1.82) is 0 Å². The van der Waals surface area contributed by atoms with Crippen LogP contribution in [0, 0.1) is 5.92 Å². The molecule has 0 spiro atoms. The maximum atomic E-state index is 12.3. The van der Waals surface area contributed by atoms with Crippen LogP contribution in [-0.4, -0.2) is 35.1 Å². The van der Waals surface area contributed by atoms with E-state index in [0.29, 0.717) is 6.54 Å². The molecule has 0 aliphatic heterocycles. The summed E-state index contributed by atoms with van der Waals surface area (Å²) < 4.78 is 0. The van der Waals surface area contributed by atoms with Crippen LogP contribution in [-0.2, 0) is 12.8 Å². The van der Waals surface area contributed by atoms with Crippen LogP contribution in [0.15, 0.2) is 6.07 Å². The lowest BCUT2D eigenvalue weighted by Gasteiger charge is -2.25. The SMILES string of the molecule is CC1CCc2sc(C(=O)N(C)CC(C)(C)O)cc2C1. The number of nitrogens with zero attached hydrogens (tertiary/aromatic N) is 1. The lowest BCUT2D eigenvalue weighted by molar-refractivity contribution is 0.0370. The first-order valence-corrected chi connectivity index (χ1v) is 7.67. The van der Waals surface area contributed by atoms with Gasteiger partial charge in [0.05, 0.1) is 10.5 Å². The van der Waals surface area contributed by atoms with E-state index in [1.807, 2.05) is 0 Å². The fraction of sp³-hybridized carbons (Fsp3) is 0.667. The molecule has 0 saturated carbocycles. The van der Waals surface area contributed by atoms with E-state index in [1.165, 1.54) is 16.9 Å². The number of hydrogen-bond acceptors (Lipinski definition) is 3. The van der Waals surface area contributed by atoms with Gasteiger partial charge in [-0.3, -0.25) is 4.79 Å². The van der Waals surface area contributed by atoms with E-state index < -0.39 is 5.60 Å². The molecule has 19 heavy (non-hydrogen) atoms. The van der Waals surface area contributed by atoms with Crippen molar-refractivity contribution in [3.8, 4) is 0 Å². The first-order chi connectivity index (χ1) is 8.76. The quantitative estimate of drug-likeness (QED) is 0.925. The third-order valence-electron chi connectivity index (χ3n) is 3.51. The summed E-state index contributed by atoms with van der Waals surface area (Å²) in [6.45, 7) is 6.06. The van der Waals surface area contributed by atoms with Gasteiger partial charge in [0.1, 0.15) is 0 Å². The molecule has 1 aliphatic carbocycles. The summed E-state index contributed by atoms with van der Waals surface area (Å²) in [6, 6.07) is 2.05. The van der Waals surface area contributed by atoms with E-state index in [4.69, 9.17) is 0 Å². The maximum absolute atomic E-state index is 12.3. The maximum Gasteiger partial charge on any atom is 0.263 e. The Balaban J connectivity index is 2.12. The highest BCUT2D eigenvalue weighted by molar-refractivity contribution is 7.14. The van der Waals surface area contributed by atoms with Crippen molar-refractivity contribution in [2.24, 2.45) is 5.92 Å². The lowest BCUT2D eigenvalue weighted by Crippen LogP contribution is -2.39. The van der Waals surface area contributed by atoms with Gasteiger partial charge in [0, 0.05) is 18.5 Å². The predicted octanol–water partition coefficient (Wildman–Crippen LogP) is 2.72. The number of fused-ring (bicyclic) bond motifs is 1. The number of likely N-dealkylation sites (N-methyl/N-ethyl adjacent to an activating group) is 1. The van der Waals surface area contributed by atoms with Gasteiger partial charge in [-0.2, -0.15) is 0 Å². The van der Waals surface area contributed by atoms with Crippen molar-refractivity contribution in [3.63, 3.8) is 0 Å². The largest absolute Gasteiger partial charge is 0.389 e. The molecule has 0 fully saturated rings. The lowest BCUT2D eigenvalue weighted by atomic mass is 9.90. The van der Waals surface area contributed by atoms with Gasteiger partial charge in [0.15, 0.2) is 0 Å². The molecule has 1 unspecified atom stereocenters. The normalized spacial score (nSPS) is 19.1. The molecule has 0 aromatic carbocycles. The van der Waals surface area contributed by atoms with Crippen molar-refractivity contribution in [2.45, 2.75) is 45.6 Å². The van der Waals surface area contributed by atoms with Gasteiger partial charge in [-0.05, 0) is 50.7 Å². The minimum atomic E-state index is -0.851. The fourth-order valence-corrected chi connectivity index (χ4v) is 3.85. The molecule has 1 heterocycles. The number of carbonyl (C=O) groups excluding carboxylic acids is 1. The Hall–Kier alpha value is -0.870. The summed E-state index contributed by atoms with van der Waals surface area (Å²) in [4.78, 5) is 16.1. The number of thiophene rings is 1. The Morgan fingerprint density at radius 1 is 1.58 bits per heavy atom. The molecule has 1 N–H and O–H groups in total. The highest BCUT2D eigenvalue weighted by Gasteiger charge is 2.24. The van der Waals surface area contributed by atoms with Crippen LogP contribution in [0.3, 0.4) is 0 Å². The Morgan fingerprint density at radius 3 is 2.89 bits per heavy atom. The van der Waals surface area contributed by atoms with Gasteiger partial charge in [-0.25, -0.2) is 0 Å². The topological polar surface area (TPSA) is 40.5 Å². The Bertz CT molecular complexity index is 473. The zero-order valence-electron chi connectivity index (χ0n) is 12.2. The van der Waals surface area contributed by atoms with Crippen LogP contribution >= 0.6 is 11.3 Å². The van der Waals surface area contributed by atoms with Gasteiger partial charge in [-0.15, -0.1) is 11.3 Å². The van der Waals surface area contributed by atoms with Gasteiger partial charge in [0.25, 0.3) is 5.91 Å². The van der Waals surface area contributed by atoms with E-state index in [0.717, 1.165) is 23.6 Å². The summed E-state index contributed by atoms with van der Waals surface area (Å²) >= 11 is 1.63. The number of rotatable bonds is 3. The Morgan fingerprint density at radius 2 is 2.26 bits per heavy atom. The highest BCUT2D eigenvalue weighted by atomic mass is 32.1. The van der Waals surface area contributed by atoms with Crippen LogP contribution in [0.5, 0.6) is 0 Å². The first kappa shape index (κ1) is 14.5. The number of aryl methyl sites for hydroxylation is 1. The van der Waals surface area contributed by atoms with Gasteiger partial charge < -0.3 is 10.0 Å². The van der Waals surface area contributed by atoms with Gasteiger partial charge in [0.2, 0.25) is 0 Å². The zero-order valence-corrected chi connectivity index (χ0v) is 13.0. The molecule has 3 nitrogen and oxygen atoms in total. The summed E-state index contributed by atoms with van der Waals surface area (Å²) in [7, 11) is 1.75. The second-order valence-corrected chi connectivity index (χ2v) is 7.52. The first-order valence-electron chi connectivity index (χ1n) is 6.85. The fourth-order valence-electron chi connectivity index (χ4n) is 2.65. The molecule has 1 amide bonds. The van der Waals surface area contributed by atoms with Crippen LogP contribution < -0.4 is 0 Å². The molecule has 0 saturated heterocycles. The molecule has 2 rings (SSSR count). The molecule has 106 valence electrons. The number of hydrogen-bond donors (Lipinski definition) is 1. The average molecular weight is 281 g/mol. The molecule has 1 aromatic heterocycles. The zero-order chi connectivity index (χ0) is 14.2. The Labute approximate surface area is 119 Å². The van der Waals surface area contributed by atoms with Gasteiger partial charge in [-0.1, -0.05) is 6.92 Å². The number of aliphatic hydroxyl groups is 1. The van der Waals surface area contributed by atoms with E-state index in [2.05, 4.69) is 13.0 Å². The van der Waals surface area contributed by atoms with Gasteiger partial charge >= 0.3 is 0 Å². The second-order valence-electron chi connectivity index (χ2n) is 6.38. The summed E-state index contributed by atoms with van der Waals surface area (Å²) in [6.07, 6.45) is 3.42. The molecule has 0 radical (unpaired) electrons. The standard InChI is InChI=1S/C15H23NO2S/c1-10-5-6-12-11(7-10)8-13(19-12)14(17)16(4)9-15(2,3)18/h8,10,18H,5-7,9H2,1-4H3. The minimum absolute atomic E-state index is 0.0224. The third kappa shape index (κ3) is 3.57. The molecular formula is C15H23NO2S. The van der Waals surface area contributed by atoms with E-state index >= 15 is 0 Å². The van der Waals surface area contributed by atoms with Crippen molar-refractivity contribution < 1.29 is 9.90 Å². The molecule has 1 aromatic rings. The molecule has 1 atom stereocenters. The molecule has 1 aliphatic rings. The van der Waals surface area contributed by atoms with Crippen molar-refractivity contribution in [1.82, 2.24) is 4.90 Å².